The summed E-state index contributed by atoms with van der Waals surface area (Å²) in [6.45, 7) is 4.37. The molecular formula is C17H20N2O2. The van der Waals surface area contributed by atoms with Crippen LogP contribution in [-0.2, 0) is 13.0 Å². The van der Waals surface area contributed by atoms with Crippen LogP contribution in [0, 0.1) is 0 Å². The summed E-state index contributed by atoms with van der Waals surface area (Å²) in [5.74, 6) is -0.154. The number of pyridine rings is 1. The van der Waals surface area contributed by atoms with Crippen LogP contribution in [0.4, 0.5) is 0 Å². The van der Waals surface area contributed by atoms with Crippen molar-refractivity contribution in [2.75, 3.05) is 0 Å². The van der Waals surface area contributed by atoms with Gasteiger partial charge in [-0.05, 0) is 31.9 Å². The summed E-state index contributed by atoms with van der Waals surface area (Å²) < 4.78 is 1.59. The molecule has 1 aromatic heterocycles. The van der Waals surface area contributed by atoms with Crippen molar-refractivity contribution in [3.05, 3.63) is 70.1 Å². The summed E-state index contributed by atoms with van der Waals surface area (Å²) >= 11 is 0. The van der Waals surface area contributed by atoms with E-state index in [1.54, 1.807) is 16.8 Å². The molecule has 2 aromatic rings. The molecule has 110 valence electrons. The molecule has 0 fully saturated rings. The third kappa shape index (κ3) is 4.31. The molecule has 1 N–H and O–H groups in total. The molecule has 1 amide bonds. The van der Waals surface area contributed by atoms with Gasteiger partial charge in [-0.3, -0.25) is 9.59 Å². The van der Waals surface area contributed by atoms with Crippen molar-refractivity contribution in [3.63, 3.8) is 0 Å². The summed E-state index contributed by atoms with van der Waals surface area (Å²) in [5.41, 5.74) is 1.59. The van der Waals surface area contributed by atoms with Crippen molar-refractivity contribution in [2.24, 2.45) is 0 Å². The maximum absolute atomic E-state index is 12.0. The molecule has 0 aliphatic heterocycles. The van der Waals surface area contributed by atoms with E-state index in [1.165, 1.54) is 11.6 Å². The van der Waals surface area contributed by atoms with Crippen LogP contribution < -0.4 is 10.9 Å². The average molecular weight is 284 g/mol. The molecule has 0 unspecified atom stereocenters. The molecule has 1 heterocycles. The number of nitrogens with zero attached hydrogens (tertiary/aromatic N) is 1. The fraction of sp³-hybridized carbons (Fsp3) is 0.294. The average Bonchev–Trinajstić information content (AvgIpc) is 2.46. The second-order valence-electron chi connectivity index (χ2n) is 5.31. The van der Waals surface area contributed by atoms with E-state index in [2.05, 4.69) is 5.32 Å². The van der Waals surface area contributed by atoms with Crippen LogP contribution >= 0.6 is 0 Å². The smallest absolute Gasteiger partial charge is 0.252 e. The third-order valence-electron chi connectivity index (χ3n) is 3.15. The maximum Gasteiger partial charge on any atom is 0.252 e. The lowest BCUT2D eigenvalue weighted by molar-refractivity contribution is 0.0942. The van der Waals surface area contributed by atoms with E-state index < -0.39 is 0 Å². The summed E-state index contributed by atoms with van der Waals surface area (Å²) in [4.78, 5) is 23.8. The zero-order valence-electron chi connectivity index (χ0n) is 12.4. The van der Waals surface area contributed by atoms with E-state index >= 15 is 0 Å². The van der Waals surface area contributed by atoms with E-state index in [-0.39, 0.29) is 17.5 Å². The quantitative estimate of drug-likeness (QED) is 0.915. The number of amides is 1. The predicted molar refractivity (Wildman–Crippen MR) is 83.5 cm³/mol. The Kier molecular flexibility index (Phi) is 4.93. The number of rotatable bonds is 5. The van der Waals surface area contributed by atoms with Crippen LogP contribution in [0.15, 0.2) is 53.5 Å². The Bertz CT molecular complexity index is 660. The molecule has 0 aliphatic rings. The molecule has 0 radical (unpaired) electrons. The lowest BCUT2D eigenvalue weighted by Crippen LogP contribution is -2.31. The second kappa shape index (κ2) is 6.88. The highest BCUT2D eigenvalue weighted by atomic mass is 16.2. The van der Waals surface area contributed by atoms with E-state index in [0.717, 1.165) is 6.42 Å². The first-order valence-electron chi connectivity index (χ1n) is 7.11. The maximum atomic E-state index is 12.0. The van der Waals surface area contributed by atoms with E-state index in [1.807, 2.05) is 44.2 Å². The predicted octanol–water partition coefficient (Wildman–Crippen LogP) is 2.23. The van der Waals surface area contributed by atoms with E-state index in [4.69, 9.17) is 0 Å². The molecule has 2 rings (SSSR count). The van der Waals surface area contributed by atoms with Gasteiger partial charge in [0.05, 0.1) is 5.56 Å². The number of carbonyl (C=O) groups is 1. The first-order valence-corrected chi connectivity index (χ1v) is 7.11. The van der Waals surface area contributed by atoms with Crippen molar-refractivity contribution in [1.29, 1.82) is 0 Å². The lowest BCUT2D eigenvalue weighted by Gasteiger charge is -2.11. The van der Waals surface area contributed by atoms with Crippen molar-refractivity contribution in [3.8, 4) is 0 Å². The number of aromatic nitrogens is 1. The first kappa shape index (κ1) is 15.0. The van der Waals surface area contributed by atoms with Gasteiger partial charge in [-0.1, -0.05) is 30.3 Å². The Balaban J connectivity index is 2.12. The van der Waals surface area contributed by atoms with Crippen LogP contribution in [0.5, 0.6) is 0 Å². The van der Waals surface area contributed by atoms with E-state index in [0.29, 0.717) is 12.1 Å². The summed E-state index contributed by atoms with van der Waals surface area (Å²) in [6.07, 6.45) is 2.39. The molecular weight excluding hydrogens is 264 g/mol. The van der Waals surface area contributed by atoms with Crippen molar-refractivity contribution >= 4 is 5.91 Å². The molecule has 0 saturated carbocycles. The highest BCUT2D eigenvalue weighted by Crippen LogP contribution is 2.02. The standard InChI is InChI=1S/C17H20N2O2/c1-13(2)18-17(21)15-8-9-16(20)19(12-15)11-10-14-6-4-3-5-7-14/h3-9,12-13H,10-11H2,1-2H3,(H,18,21). The topological polar surface area (TPSA) is 51.1 Å². The zero-order chi connectivity index (χ0) is 15.2. The van der Waals surface area contributed by atoms with Gasteiger partial charge < -0.3 is 9.88 Å². The Labute approximate surface area is 124 Å². The number of hydrogen-bond acceptors (Lipinski definition) is 2. The Morgan fingerprint density at radius 1 is 1.14 bits per heavy atom. The van der Waals surface area contributed by atoms with Crippen molar-refractivity contribution in [2.45, 2.75) is 32.9 Å². The van der Waals surface area contributed by atoms with Gasteiger partial charge >= 0.3 is 0 Å². The number of benzene rings is 1. The number of hydrogen-bond donors (Lipinski definition) is 1. The molecule has 0 saturated heterocycles. The monoisotopic (exact) mass is 284 g/mol. The van der Waals surface area contributed by atoms with Gasteiger partial charge in [-0.2, -0.15) is 0 Å². The van der Waals surface area contributed by atoms with Gasteiger partial charge in [-0.15, -0.1) is 0 Å². The van der Waals surface area contributed by atoms with Crippen LogP contribution in [0.1, 0.15) is 29.8 Å². The summed E-state index contributed by atoms with van der Waals surface area (Å²) in [7, 11) is 0. The molecule has 4 heteroatoms. The van der Waals surface area contributed by atoms with Gasteiger partial charge in [0.1, 0.15) is 0 Å². The van der Waals surface area contributed by atoms with Crippen LogP contribution in [0.25, 0.3) is 0 Å². The van der Waals surface area contributed by atoms with Crippen molar-refractivity contribution < 1.29 is 4.79 Å². The Morgan fingerprint density at radius 3 is 2.52 bits per heavy atom. The normalized spacial score (nSPS) is 10.6. The minimum atomic E-state index is -0.154. The van der Waals surface area contributed by atoms with Crippen LogP contribution in [0.2, 0.25) is 0 Å². The van der Waals surface area contributed by atoms with Gasteiger partial charge in [0, 0.05) is 24.8 Å². The molecule has 0 spiro atoms. The molecule has 21 heavy (non-hydrogen) atoms. The van der Waals surface area contributed by atoms with Gasteiger partial charge in [0.2, 0.25) is 0 Å². The number of nitrogens with one attached hydrogen (secondary N) is 1. The highest BCUT2D eigenvalue weighted by molar-refractivity contribution is 5.93. The molecule has 0 bridgehead atoms. The van der Waals surface area contributed by atoms with Gasteiger partial charge in [0.15, 0.2) is 0 Å². The third-order valence-corrected chi connectivity index (χ3v) is 3.15. The SMILES string of the molecule is CC(C)NC(=O)c1ccc(=O)n(CCc2ccccc2)c1. The summed E-state index contributed by atoms with van der Waals surface area (Å²) in [6, 6.07) is 13.1. The number of carbonyl (C=O) groups excluding carboxylic acids is 1. The molecule has 4 nitrogen and oxygen atoms in total. The largest absolute Gasteiger partial charge is 0.350 e. The molecule has 1 aromatic carbocycles. The second-order valence-corrected chi connectivity index (χ2v) is 5.31. The van der Waals surface area contributed by atoms with Gasteiger partial charge in [0.25, 0.3) is 11.5 Å². The first-order chi connectivity index (χ1) is 10.1. The van der Waals surface area contributed by atoms with Crippen LogP contribution in [0.3, 0.4) is 0 Å². The minimum Gasteiger partial charge on any atom is -0.350 e. The van der Waals surface area contributed by atoms with Gasteiger partial charge in [-0.25, -0.2) is 0 Å². The fourth-order valence-corrected chi connectivity index (χ4v) is 2.08. The number of aryl methyl sites for hydroxylation is 2. The zero-order valence-corrected chi connectivity index (χ0v) is 12.4. The summed E-state index contributed by atoms with van der Waals surface area (Å²) in [5, 5.41) is 2.83. The molecule has 0 aliphatic carbocycles. The van der Waals surface area contributed by atoms with E-state index in [9.17, 15) is 9.59 Å². The van der Waals surface area contributed by atoms with Crippen LogP contribution in [-0.4, -0.2) is 16.5 Å². The lowest BCUT2D eigenvalue weighted by atomic mass is 10.1. The minimum absolute atomic E-state index is 0.0715. The molecule has 0 atom stereocenters. The Hall–Kier alpha value is -2.36. The highest BCUT2D eigenvalue weighted by Gasteiger charge is 2.08. The van der Waals surface area contributed by atoms with Crippen molar-refractivity contribution in [1.82, 2.24) is 9.88 Å². The Morgan fingerprint density at radius 2 is 1.86 bits per heavy atom. The fourth-order valence-electron chi connectivity index (χ4n) is 2.08.